The first-order valence-corrected chi connectivity index (χ1v) is 6.88. The van der Waals surface area contributed by atoms with Crippen LogP contribution in [0.1, 0.15) is 0 Å². The fourth-order valence-corrected chi connectivity index (χ4v) is 2.37. The summed E-state index contributed by atoms with van der Waals surface area (Å²) in [5, 5.41) is 1.72. The second-order valence-corrected chi connectivity index (χ2v) is 5.07. The summed E-state index contributed by atoms with van der Waals surface area (Å²) < 4.78 is 41.0. The first kappa shape index (κ1) is 16.6. The largest absolute Gasteiger partial charge is 1.00 e. The van der Waals surface area contributed by atoms with Crippen molar-refractivity contribution in [1.29, 1.82) is 0 Å². The van der Waals surface area contributed by atoms with Gasteiger partial charge in [-0.05, 0) is 23.6 Å². The van der Waals surface area contributed by atoms with Crippen LogP contribution in [0.25, 0.3) is 21.7 Å². The Hall–Kier alpha value is -0.744. The first-order valence-electron chi connectivity index (χ1n) is 5.55. The van der Waals surface area contributed by atoms with Crippen molar-refractivity contribution in [2.24, 2.45) is 0 Å². The molecule has 0 saturated carbocycles. The monoisotopic (exact) mass is 330 g/mol. The fraction of sp³-hybridized carbons (Fsp3) is 0. The van der Waals surface area contributed by atoms with E-state index in [1.807, 2.05) is 0 Å². The third-order valence-electron chi connectivity index (χ3n) is 2.79. The summed E-state index contributed by atoms with van der Waals surface area (Å²) in [5.74, 6) is -0.203. The third-order valence-corrected chi connectivity index (χ3v) is 3.19. The summed E-state index contributed by atoms with van der Waals surface area (Å²) >= 11 is 0. The predicted molar refractivity (Wildman–Crippen MR) is 70.3 cm³/mol. The normalized spacial score (nSPS) is 11.3. The molecule has 21 heavy (non-hydrogen) atoms. The molecule has 0 bridgehead atoms. The van der Waals surface area contributed by atoms with E-state index in [0.29, 0.717) is 16.2 Å². The van der Waals surface area contributed by atoms with E-state index >= 15 is 0 Å². The van der Waals surface area contributed by atoms with E-state index in [2.05, 4.69) is 4.18 Å². The van der Waals surface area contributed by atoms with E-state index in [0.717, 1.165) is 0 Å². The molecule has 0 aliphatic rings. The predicted octanol–water partition coefficient (Wildman–Crippen LogP) is -1.21. The minimum atomic E-state index is -4.87. The van der Waals surface area contributed by atoms with Crippen LogP contribution in [0.4, 0.5) is 0 Å². The number of benzene rings is 2. The Morgan fingerprint density at radius 1 is 1.00 bits per heavy atom. The van der Waals surface area contributed by atoms with E-state index in [4.69, 9.17) is 4.42 Å². The summed E-state index contributed by atoms with van der Waals surface area (Å²) in [5.41, 5.74) is -0.398. The van der Waals surface area contributed by atoms with Gasteiger partial charge in [-0.15, -0.1) is 0 Å². The van der Waals surface area contributed by atoms with Crippen LogP contribution in [0.5, 0.6) is 5.75 Å². The molecule has 0 aliphatic carbocycles. The molecule has 1 heterocycles. The number of rotatable bonds is 2. The van der Waals surface area contributed by atoms with Crippen LogP contribution < -0.4 is 61.2 Å². The Balaban J connectivity index is 0.00000161. The standard InChI is InChI=1S/C13H8O6S.K/c14-13-11-4-2-1-3-9(11)10-6-5-8(7-12(10)18-13)19-20(15,16)17;/h1-7H,(H,15,16,17);/q;+1/p-1. The van der Waals surface area contributed by atoms with Crippen LogP contribution >= 0.6 is 0 Å². The van der Waals surface area contributed by atoms with Crippen LogP contribution in [0.2, 0.25) is 0 Å². The zero-order chi connectivity index (χ0) is 14.3. The molecule has 0 radical (unpaired) electrons. The summed E-state index contributed by atoms with van der Waals surface area (Å²) in [6.07, 6.45) is 0. The summed E-state index contributed by atoms with van der Waals surface area (Å²) in [7, 11) is -4.87. The molecule has 2 aromatic carbocycles. The molecule has 0 atom stereocenters. The van der Waals surface area contributed by atoms with Crippen molar-refractivity contribution in [1.82, 2.24) is 0 Å². The quantitative estimate of drug-likeness (QED) is 0.192. The molecular formula is C13H7KO6S. The molecule has 0 unspecified atom stereocenters. The van der Waals surface area contributed by atoms with Gasteiger partial charge in [0.2, 0.25) is 0 Å². The first-order chi connectivity index (χ1) is 9.44. The molecule has 8 heteroatoms. The van der Waals surface area contributed by atoms with Crippen molar-refractivity contribution in [3.05, 3.63) is 52.9 Å². The van der Waals surface area contributed by atoms with Crippen molar-refractivity contribution in [2.45, 2.75) is 0 Å². The van der Waals surface area contributed by atoms with Crippen molar-refractivity contribution >= 4 is 32.1 Å². The summed E-state index contributed by atoms with van der Waals surface area (Å²) in [6, 6.07) is 10.9. The van der Waals surface area contributed by atoms with Gasteiger partial charge in [0.15, 0.2) is 0 Å². The van der Waals surface area contributed by atoms with Crippen molar-refractivity contribution < 1.29 is 73.0 Å². The Labute approximate surface area is 162 Å². The van der Waals surface area contributed by atoms with E-state index in [-0.39, 0.29) is 62.7 Å². The van der Waals surface area contributed by atoms with E-state index in [1.165, 1.54) is 18.2 Å². The zero-order valence-corrected chi connectivity index (χ0v) is 14.8. The number of hydrogen-bond donors (Lipinski definition) is 0. The van der Waals surface area contributed by atoms with E-state index < -0.39 is 16.0 Å². The Morgan fingerprint density at radius 3 is 2.33 bits per heavy atom. The molecular weight excluding hydrogens is 323 g/mol. The minimum Gasteiger partial charge on any atom is -0.716 e. The maximum atomic E-state index is 11.8. The minimum absolute atomic E-state index is 0. The molecule has 6 nitrogen and oxygen atoms in total. The molecule has 0 aliphatic heterocycles. The van der Waals surface area contributed by atoms with Gasteiger partial charge in [0.25, 0.3) is 10.4 Å². The number of fused-ring (bicyclic) bond motifs is 3. The molecule has 102 valence electrons. The third kappa shape index (κ3) is 3.54. The SMILES string of the molecule is O=c1oc2cc(OS(=O)(=O)[O-])ccc2c2ccccc12.[K+]. The Morgan fingerprint density at radius 2 is 1.67 bits per heavy atom. The van der Waals surface area contributed by atoms with Gasteiger partial charge in [-0.1, -0.05) is 18.2 Å². The van der Waals surface area contributed by atoms with Gasteiger partial charge in [-0.2, -0.15) is 0 Å². The topological polar surface area (TPSA) is 96.6 Å². The van der Waals surface area contributed by atoms with Gasteiger partial charge in [0.05, 0.1) is 5.39 Å². The molecule has 1 aromatic heterocycles. The second-order valence-electron chi connectivity index (χ2n) is 4.08. The zero-order valence-electron chi connectivity index (χ0n) is 10.9. The van der Waals surface area contributed by atoms with Crippen molar-refractivity contribution in [2.75, 3.05) is 0 Å². The average Bonchev–Trinajstić information content (AvgIpc) is 2.37. The maximum Gasteiger partial charge on any atom is 1.00 e. The maximum absolute atomic E-state index is 11.8. The molecule has 0 spiro atoms. The summed E-state index contributed by atoms with van der Waals surface area (Å²) in [6.45, 7) is 0. The molecule has 0 N–H and O–H groups in total. The Kier molecular flexibility index (Phi) is 4.88. The van der Waals surface area contributed by atoms with Gasteiger partial charge in [-0.3, -0.25) is 0 Å². The molecule has 0 fully saturated rings. The fourth-order valence-electron chi connectivity index (χ4n) is 2.03. The Bertz CT molecular complexity index is 977. The van der Waals surface area contributed by atoms with Gasteiger partial charge in [-0.25, -0.2) is 13.2 Å². The van der Waals surface area contributed by atoms with E-state index in [9.17, 15) is 17.8 Å². The summed E-state index contributed by atoms with van der Waals surface area (Å²) in [4.78, 5) is 11.8. The number of hydrogen-bond acceptors (Lipinski definition) is 6. The smallest absolute Gasteiger partial charge is 0.716 e. The van der Waals surface area contributed by atoms with Gasteiger partial charge in [0.1, 0.15) is 11.3 Å². The van der Waals surface area contributed by atoms with Gasteiger partial charge >= 0.3 is 57.0 Å². The van der Waals surface area contributed by atoms with Crippen LogP contribution in [-0.4, -0.2) is 13.0 Å². The molecule has 3 aromatic rings. The molecule has 0 amide bonds. The van der Waals surface area contributed by atoms with E-state index in [1.54, 1.807) is 24.3 Å². The van der Waals surface area contributed by atoms with Crippen LogP contribution in [0, 0.1) is 0 Å². The van der Waals surface area contributed by atoms with Crippen molar-refractivity contribution in [3.63, 3.8) is 0 Å². The average molecular weight is 330 g/mol. The van der Waals surface area contributed by atoms with Gasteiger partial charge in [0, 0.05) is 11.5 Å². The van der Waals surface area contributed by atoms with Crippen molar-refractivity contribution in [3.8, 4) is 5.75 Å². The van der Waals surface area contributed by atoms with Crippen LogP contribution in [-0.2, 0) is 10.4 Å². The molecule has 0 saturated heterocycles. The molecule has 3 rings (SSSR count). The van der Waals surface area contributed by atoms with Crippen LogP contribution in [0.3, 0.4) is 0 Å². The van der Waals surface area contributed by atoms with Gasteiger partial charge < -0.3 is 13.2 Å². The van der Waals surface area contributed by atoms with Crippen LogP contribution in [0.15, 0.2) is 51.7 Å². The second kappa shape index (κ2) is 6.17.